The summed E-state index contributed by atoms with van der Waals surface area (Å²) in [6.45, 7) is 11.3. The molecule has 34 heavy (non-hydrogen) atoms. The van der Waals surface area contributed by atoms with Crippen LogP contribution in [-0.4, -0.2) is 47.7 Å². The van der Waals surface area contributed by atoms with Crippen LogP contribution in [0.5, 0.6) is 5.75 Å². The number of ether oxygens (including phenoxy) is 1. The summed E-state index contributed by atoms with van der Waals surface area (Å²) in [5.74, 6) is 0.421. The number of fused-ring (bicyclic) bond motifs is 1. The van der Waals surface area contributed by atoms with Gasteiger partial charge in [0.15, 0.2) is 5.78 Å². The molecule has 2 amide bonds. The summed E-state index contributed by atoms with van der Waals surface area (Å²) in [5, 5.41) is 2.74. The van der Waals surface area contributed by atoms with Crippen molar-refractivity contribution in [1.29, 1.82) is 0 Å². The standard InChI is InChI=1S/C28H34N2O4/c1-18-6-11-22-23(31)16-28(34-25(22)19(18)2)12-14-30(15-13-28)24(32)17-29-26(33)20-7-9-21(10-8-20)27(3,4)5/h6-11H,12-17H2,1-5H3,(H,29,33). The van der Waals surface area contributed by atoms with Gasteiger partial charge in [0, 0.05) is 31.5 Å². The van der Waals surface area contributed by atoms with Gasteiger partial charge in [0.1, 0.15) is 11.4 Å². The molecule has 180 valence electrons. The van der Waals surface area contributed by atoms with Gasteiger partial charge in [0.25, 0.3) is 5.91 Å². The van der Waals surface area contributed by atoms with Crippen LogP contribution >= 0.6 is 0 Å². The molecule has 0 unspecified atom stereocenters. The summed E-state index contributed by atoms with van der Waals surface area (Å²) in [5.41, 5.74) is 3.91. The van der Waals surface area contributed by atoms with Gasteiger partial charge in [0.2, 0.25) is 5.91 Å². The van der Waals surface area contributed by atoms with Crippen LogP contribution in [0.15, 0.2) is 36.4 Å². The zero-order valence-electron chi connectivity index (χ0n) is 20.8. The van der Waals surface area contributed by atoms with E-state index in [0.717, 1.165) is 16.7 Å². The lowest BCUT2D eigenvalue weighted by Crippen LogP contribution is -2.53. The van der Waals surface area contributed by atoms with E-state index < -0.39 is 5.60 Å². The minimum absolute atomic E-state index is 0.0167. The molecule has 0 radical (unpaired) electrons. The third kappa shape index (κ3) is 4.72. The summed E-state index contributed by atoms with van der Waals surface area (Å²) >= 11 is 0. The number of rotatable bonds is 3. The maximum Gasteiger partial charge on any atom is 0.251 e. The van der Waals surface area contributed by atoms with Gasteiger partial charge < -0.3 is 15.0 Å². The van der Waals surface area contributed by atoms with E-state index in [2.05, 4.69) is 26.1 Å². The predicted molar refractivity (Wildman–Crippen MR) is 132 cm³/mol. The summed E-state index contributed by atoms with van der Waals surface area (Å²) in [4.78, 5) is 39.8. The zero-order valence-corrected chi connectivity index (χ0v) is 20.8. The summed E-state index contributed by atoms with van der Waals surface area (Å²) in [7, 11) is 0. The van der Waals surface area contributed by atoms with Crippen molar-refractivity contribution in [3.05, 3.63) is 64.2 Å². The number of piperidine rings is 1. The Kier molecular flexibility index (Phi) is 6.28. The van der Waals surface area contributed by atoms with E-state index in [4.69, 9.17) is 4.74 Å². The van der Waals surface area contributed by atoms with Gasteiger partial charge >= 0.3 is 0 Å². The minimum atomic E-state index is -0.558. The molecule has 6 nitrogen and oxygen atoms in total. The first kappa shape index (κ1) is 24.0. The number of carbonyl (C=O) groups is 3. The van der Waals surface area contributed by atoms with Crippen molar-refractivity contribution in [3.8, 4) is 5.75 Å². The van der Waals surface area contributed by atoms with Crippen molar-refractivity contribution in [2.45, 2.75) is 64.9 Å². The van der Waals surface area contributed by atoms with E-state index in [-0.39, 0.29) is 29.6 Å². The van der Waals surface area contributed by atoms with Crippen LogP contribution in [0.25, 0.3) is 0 Å². The molecule has 2 aliphatic rings. The quantitative estimate of drug-likeness (QED) is 0.736. The smallest absolute Gasteiger partial charge is 0.251 e. The van der Waals surface area contributed by atoms with Crippen molar-refractivity contribution >= 4 is 17.6 Å². The van der Waals surface area contributed by atoms with Gasteiger partial charge in [0.05, 0.1) is 18.5 Å². The Morgan fingerprint density at radius 3 is 2.29 bits per heavy atom. The molecule has 2 aliphatic heterocycles. The van der Waals surface area contributed by atoms with Gasteiger partial charge in [-0.25, -0.2) is 0 Å². The summed E-state index contributed by atoms with van der Waals surface area (Å²) in [6.07, 6.45) is 1.53. The lowest BCUT2D eigenvalue weighted by atomic mass is 9.81. The molecule has 4 rings (SSSR count). The van der Waals surface area contributed by atoms with Crippen molar-refractivity contribution in [2.75, 3.05) is 19.6 Å². The number of hydrogen-bond acceptors (Lipinski definition) is 4. The molecule has 0 aromatic heterocycles. The molecule has 1 N–H and O–H groups in total. The minimum Gasteiger partial charge on any atom is -0.486 e. The highest BCUT2D eigenvalue weighted by Gasteiger charge is 2.44. The van der Waals surface area contributed by atoms with Crippen molar-refractivity contribution < 1.29 is 19.1 Å². The Morgan fingerprint density at radius 1 is 1.03 bits per heavy atom. The van der Waals surface area contributed by atoms with E-state index in [1.54, 1.807) is 17.0 Å². The SMILES string of the molecule is Cc1ccc2c(c1C)OC1(CCN(C(=O)CNC(=O)c3ccc(C(C)(C)C)cc3)CC1)CC2=O. The molecular formula is C28H34N2O4. The maximum atomic E-state index is 12.8. The number of aryl methyl sites for hydroxylation is 1. The van der Waals surface area contributed by atoms with Gasteiger partial charge in [-0.05, 0) is 54.2 Å². The topological polar surface area (TPSA) is 75.7 Å². The second kappa shape index (κ2) is 8.90. The molecule has 1 spiro atoms. The van der Waals surface area contributed by atoms with Crippen LogP contribution in [0.3, 0.4) is 0 Å². The van der Waals surface area contributed by atoms with E-state index in [1.165, 1.54) is 0 Å². The maximum absolute atomic E-state index is 12.8. The van der Waals surface area contributed by atoms with Crippen LogP contribution < -0.4 is 10.1 Å². The number of ketones is 1. The molecule has 0 aliphatic carbocycles. The largest absolute Gasteiger partial charge is 0.486 e. The van der Waals surface area contributed by atoms with Crippen LogP contribution in [0.1, 0.15) is 77.4 Å². The average Bonchev–Trinajstić information content (AvgIpc) is 2.80. The Morgan fingerprint density at radius 2 is 1.68 bits per heavy atom. The Balaban J connectivity index is 1.33. The second-order valence-corrected chi connectivity index (χ2v) is 10.7. The third-order valence-electron chi connectivity index (χ3n) is 7.22. The number of amides is 2. The summed E-state index contributed by atoms with van der Waals surface area (Å²) in [6, 6.07) is 11.3. The Hall–Kier alpha value is -3.15. The highest BCUT2D eigenvalue weighted by Crippen LogP contribution is 2.41. The van der Waals surface area contributed by atoms with Gasteiger partial charge in [-0.2, -0.15) is 0 Å². The molecule has 6 heteroatoms. The normalized spacial score (nSPS) is 17.2. The highest BCUT2D eigenvalue weighted by atomic mass is 16.5. The first-order valence-electron chi connectivity index (χ1n) is 12.0. The van der Waals surface area contributed by atoms with Crippen molar-refractivity contribution in [1.82, 2.24) is 10.2 Å². The van der Waals surface area contributed by atoms with Gasteiger partial charge in [-0.1, -0.05) is 39.0 Å². The van der Waals surface area contributed by atoms with Crippen molar-refractivity contribution in [2.24, 2.45) is 0 Å². The van der Waals surface area contributed by atoms with Crippen LogP contribution in [0.2, 0.25) is 0 Å². The molecule has 0 saturated carbocycles. The van der Waals surface area contributed by atoms with Crippen LogP contribution in [0.4, 0.5) is 0 Å². The Labute approximate surface area is 201 Å². The monoisotopic (exact) mass is 462 g/mol. The molecule has 2 aromatic carbocycles. The predicted octanol–water partition coefficient (Wildman–Crippen LogP) is 4.36. The zero-order chi connectivity index (χ0) is 24.7. The van der Waals surface area contributed by atoms with E-state index >= 15 is 0 Å². The number of nitrogens with one attached hydrogen (secondary N) is 1. The molecule has 0 bridgehead atoms. The number of hydrogen-bond donors (Lipinski definition) is 1. The lowest BCUT2D eigenvalue weighted by Gasteiger charge is -2.44. The fourth-order valence-electron chi connectivity index (χ4n) is 4.72. The number of nitrogens with zero attached hydrogens (tertiary/aromatic N) is 1. The van der Waals surface area contributed by atoms with E-state index in [9.17, 15) is 14.4 Å². The molecular weight excluding hydrogens is 428 g/mol. The second-order valence-electron chi connectivity index (χ2n) is 10.7. The Bertz CT molecular complexity index is 1120. The first-order chi connectivity index (χ1) is 16.0. The van der Waals surface area contributed by atoms with Gasteiger partial charge in [-0.3, -0.25) is 14.4 Å². The van der Waals surface area contributed by atoms with Crippen molar-refractivity contribution in [3.63, 3.8) is 0 Å². The molecule has 1 saturated heterocycles. The number of benzene rings is 2. The molecule has 2 heterocycles. The summed E-state index contributed by atoms with van der Waals surface area (Å²) < 4.78 is 6.43. The fourth-order valence-corrected chi connectivity index (χ4v) is 4.72. The fraction of sp³-hybridized carbons (Fsp3) is 0.464. The number of carbonyl (C=O) groups excluding carboxylic acids is 3. The van der Waals surface area contributed by atoms with Crippen LogP contribution in [-0.2, 0) is 10.2 Å². The molecule has 0 atom stereocenters. The molecule has 1 fully saturated rings. The third-order valence-corrected chi connectivity index (χ3v) is 7.22. The average molecular weight is 463 g/mol. The van der Waals surface area contributed by atoms with E-state index in [0.29, 0.717) is 49.2 Å². The molecule has 2 aromatic rings. The highest BCUT2D eigenvalue weighted by molar-refractivity contribution is 6.01. The number of likely N-dealkylation sites (tertiary alicyclic amines) is 1. The van der Waals surface area contributed by atoms with Gasteiger partial charge in [-0.15, -0.1) is 0 Å². The van der Waals surface area contributed by atoms with E-state index in [1.807, 2.05) is 38.1 Å². The first-order valence-corrected chi connectivity index (χ1v) is 12.0. The van der Waals surface area contributed by atoms with Crippen LogP contribution in [0, 0.1) is 13.8 Å². The number of Topliss-reactive ketones (excluding diaryl/α,β-unsaturated/α-hetero) is 1. The lowest BCUT2D eigenvalue weighted by molar-refractivity contribution is -0.133.